The lowest BCUT2D eigenvalue weighted by Crippen LogP contribution is -2.52. The lowest BCUT2D eigenvalue weighted by atomic mass is 9.86. The summed E-state index contributed by atoms with van der Waals surface area (Å²) in [6, 6.07) is 8.10. The molecule has 26 heavy (non-hydrogen) atoms. The predicted octanol–water partition coefficient (Wildman–Crippen LogP) is 3.78. The molecule has 0 spiro atoms. The quantitative estimate of drug-likeness (QED) is 0.750. The van der Waals surface area contributed by atoms with Crippen LogP contribution in [0.15, 0.2) is 24.3 Å². The molecule has 4 fully saturated rings. The van der Waals surface area contributed by atoms with Gasteiger partial charge in [-0.1, -0.05) is 23.7 Å². The topological polar surface area (TPSA) is 47.5 Å². The van der Waals surface area contributed by atoms with Gasteiger partial charge in [0, 0.05) is 17.0 Å². The Kier molecular flexibility index (Phi) is 4.30. The van der Waals surface area contributed by atoms with Crippen molar-refractivity contribution >= 4 is 23.3 Å². The fraction of sp³-hybridized carbons (Fsp3) is 0.579. The van der Waals surface area contributed by atoms with Gasteiger partial charge in [0.25, 0.3) is 11.8 Å². The van der Waals surface area contributed by atoms with Crippen LogP contribution in [-0.4, -0.2) is 46.0 Å². The number of ether oxygens (including phenoxy) is 2. The number of hydrogen-bond donors (Lipinski definition) is 0. The molecule has 6 rings (SSSR count). The van der Waals surface area contributed by atoms with E-state index in [1.165, 1.54) is 31.5 Å². The third kappa shape index (κ3) is 3.19. The minimum absolute atomic E-state index is 0.0844. The van der Waals surface area contributed by atoms with Crippen LogP contribution in [0.5, 0.6) is 11.8 Å². The summed E-state index contributed by atoms with van der Waals surface area (Å²) in [6.07, 6.45) is 4.91. The molecule has 1 atom stereocenters. The van der Waals surface area contributed by atoms with Crippen LogP contribution in [0.1, 0.15) is 31.2 Å². The molecule has 1 unspecified atom stereocenters. The molecule has 2 bridgehead atoms. The monoisotopic (exact) mass is 391 g/mol. The maximum absolute atomic E-state index is 6.22. The maximum Gasteiger partial charge on any atom is 0.291 e. The SMILES string of the molecule is Clc1ccc(C2(COc3nsnc3OC3CN4CCC3CC4)CC2)cc1. The summed E-state index contributed by atoms with van der Waals surface area (Å²) in [7, 11) is 0. The molecular formula is C19H22ClN3O2S. The molecule has 4 aliphatic rings. The summed E-state index contributed by atoms with van der Waals surface area (Å²) < 4.78 is 21.0. The normalized spacial score (nSPS) is 28.7. The molecule has 3 saturated heterocycles. The molecule has 0 N–H and O–H groups in total. The van der Waals surface area contributed by atoms with Gasteiger partial charge in [0.05, 0.1) is 18.3 Å². The second kappa shape index (κ2) is 6.66. The third-order valence-electron chi connectivity index (χ3n) is 6.08. The molecule has 1 aromatic carbocycles. The highest BCUT2D eigenvalue weighted by molar-refractivity contribution is 6.99. The largest absolute Gasteiger partial charge is 0.472 e. The van der Waals surface area contributed by atoms with E-state index in [4.69, 9.17) is 21.1 Å². The van der Waals surface area contributed by atoms with Crippen molar-refractivity contribution in [2.24, 2.45) is 5.92 Å². The average molecular weight is 392 g/mol. The number of benzene rings is 1. The van der Waals surface area contributed by atoms with Gasteiger partial charge in [-0.3, -0.25) is 4.90 Å². The van der Waals surface area contributed by atoms with Crippen molar-refractivity contribution in [2.45, 2.75) is 37.2 Å². The highest BCUT2D eigenvalue weighted by Crippen LogP contribution is 2.49. The molecule has 3 aliphatic heterocycles. The fourth-order valence-electron chi connectivity index (χ4n) is 4.20. The highest BCUT2D eigenvalue weighted by atomic mass is 35.5. The first-order valence-electron chi connectivity index (χ1n) is 9.32. The van der Waals surface area contributed by atoms with Crippen LogP contribution < -0.4 is 9.47 Å². The van der Waals surface area contributed by atoms with E-state index in [9.17, 15) is 0 Å². The minimum Gasteiger partial charge on any atom is -0.472 e. The number of aromatic nitrogens is 2. The molecule has 0 amide bonds. The van der Waals surface area contributed by atoms with Crippen LogP contribution in [0.4, 0.5) is 0 Å². The maximum atomic E-state index is 6.22. The zero-order chi connectivity index (χ0) is 17.6. The Morgan fingerprint density at radius 1 is 1.12 bits per heavy atom. The van der Waals surface area contributed by atoms with E-state index in [1.54, 1.807) is 0 Å². The lowest BCUT2D eigenvalue weighted by Gasteiger charge is -2.43. The second-order valence-corrected chi connectivity index (χ2v) is 8.71. The van der Waals surface area contributed by atoms with Gasteiger partial charge in [-0.05, 0) is 62.4 Å². The Bertz CT molecular complexity index is 769. The Morgan fingerprint density at radius 2 is 1.85 bits per heavy atom. The molecule has 138 valence electrons. The van der Waals surface area contributed by atoms with Gasteiger partial charge in [-0.25, -0.2) is 0 Å². The van der Waals surface area contributed by atoms with E-state index >= 15 is 0 Å². The summed E-state index contributed by atoms with van der Waals surface area (Å²) in [4.78, 5) is 2.48. The summed E-state index contributed by atoms with van der Waals surface area (Å²) >= 11 is 7.18. The first-order chi connectivity index (χ1) is 12.7. The fourth-order valence-corrected chi connectivity index (χ4v) is 4.76. The number of piperidine rings is 3. The van der Waals surface area contributed by atoms with Gasteiger partial charge in [-0.15, -0.1) is 8.75 Å². The second-order valence-electron chi connectivity index (χ2n) is 7.74. The Hall–Kier alpha value is -1.37. The summed E-state index contributed by atoms with van der Waals surface area (Å²) in [5, 5.41) is 0.766. The Balaban J connectivity index is 1.25. The van der Waals surface area contributed by atoms with Crippen molar-refractivity contribution < 1.29 is 9.47 Å². The summed E-state index contributed by atoms with van der Waals surface area (Å²) in [6.45, 7) is 4.01. The van der Waals surface area contributed by atoms with Crippen LogP contribution in [0.2, 0.25) is 5.02 Å². The Morgan fingerprint density at radius 3 is 2.50 bits per heavy atom. The van der Waals surface area contributed by atoms with Gasteiger partial charge >= 0.3 is 0 Å². The molecule has 4 heterocycles. The third-order valence-corrected chi connectivity index (χ3v) is 6.83. The van der Waals surface area contributed by atoms with Gasteiger partial charge < -0.3 is 9.47 Å². The van der Waals surface area contributed by atoms with E-state index in [-0.39, 0.29) is 11.5 Å². The highest BCUT2D eigenvalue weighted by Gasteiger charge is 2.45. The summed E-state index contributed by atoms with van der Waals surface area (Å²) in [5.74, 6) is 1.76. The zero-order valence-electron chi connectivity index (χ0n) is 14.6. The van der Waals surface area contributed by atoms with Crippen LogP contribution in [0.25, 0.3) is 0 Å². The number of halogens is 1. The van der Waals surface area contributed by atoms with Crippen molar-refractivity contribution in [1.29, 1.82) is 0 Å². The lowest BCUT2D eigenvalue weighted by molar-refractivity contribution is -0.0111. The van der Waals surface area contributed by atoms with Gasteiger partial charge in [0.2, 0.25) is 0 Å². The van der Waals surface area contributed by atoms with Crippen LogP contribution in [0.3, 0.4) is 0 Å². The molecule has 2 aromatic rings. The van der Waals surface area contributed by atoms with Crippen molar-refractivity contribution in [1.82, 2.24) is 13.6 Å². The first kappa shape index (κ1) is 16.8. The number of rotatable bonds is 6. The van der Waals surface area contributed by atoms with E-state index < -0.39 is 0 Å². The molecule has 7 heteroatoms. The van der Waals surface area contributed by atoms with Gasteiger partial charge in [0.15, 0.2) is 0 Å². The summed E-state index contributed by atoms with van der Waals surface area (Å²) in [5.41, 5.74) is 1.37. The predicted molar refractivity (Wildman–Crippen MR) is 101 cm³/mol. The van der Waals surface area contributed by atoms with Crippen molar-refractivity contribution in [3.05, 3.63) is 34.9 Å². The standard InChI is InChI=1S/C19H22ClN3O2S/c20-15-3-1-14(2-4-15)19(7-8-19)12-24-17-18(22-26-21-17)25-16-11-23-9-5-13(16)6-10-23/h1-4,13,16H,5-12H2. The molecule has 1 aliphatic carbocycles. The molecule has 1 aromatic heterocycles. The van der Waals surface area contributed by atoms with Gasteiger partial charge in [-0.2, -0.15) is 0 Å². The first-order valence-corrected chi connectivity index (χ1v) is 10.4. The van der Waals surface area contributed by atoms with E-state index in [2.05, 4.69) is 25.8 Å². The van der Waals surface area contributed by atoms with E-state index in [0.29, 0.717) is 24.3 Å². The molecule has 5 nitrogen and oxygen atoms in total. The molecule has 1 saturated carbocycles. The Labute approximate surface area is 162 Å². The zero-order valence-corrected chi connectivity index (χ0v) is 16.1. The molecule has 0 radical (unpaired) electrons. The average Bonchev–Trinajstić information content (AvgIpc) is 3.34. The smallest absolute Gasteiger partial charge is 0.291 e. The van der Waals surface area contributed by atoms with Crippen LogP contribution in [0, 0.1) is 5.92 Å². The number of fused-ring (bicyclic) bond motifs is 3. The number of hydrogen-bond acceptors (Lipinski definition) is 6. The molecular weight excluding hydrogens is 370 g/mol. The van der Waals surface area contributed by atoms with Crippen LogP contribution in [-0.2, 0) is 5.41 Å². The van der Waals surface area contributed by atoms with Crippen molar-refractivity contribution in [2.75, 3.05) is 26.2 Å². The number of nitrogens with zero attached hydrogens (tertiary/aromatic N) is 3. The van der Waals surface area contributed by atoms with E-state index in [1.807, 2.05) is 12.1 Å². The van der Waals surface area contributed by atoms with Gasteiger partial charge in [0.1, 0.15) is 6.10 Å². The van der Waals surface area contributed by atoms with Crippen molar-refractivity contribution in [3.63, 3.8) is 0 Å². The van der Waals surface area contributed by atoms with Crippen LogP contribution >= 0.6 is 23.3 Å². The van der Waals surface area contributed by atoms with E-state index in [0.717, 1.165) is 36.1 Å². The minimum atomic E-state index is 0.0844. The van der Waals surface area contributed by atoms with Crippen molar-refractivity contribution in [3.8, 4) is 11.8 Å².